The smallest absolute Gasteiger partial charge is 0.228 e. The summed E-state index contributed by atoms with van der Waals surface area (Å²) in [5.74, 6) is -0.234. The molecule has 1 aliphatic rings. The first kappa shape index (κ1) is 13.9. The maximum Gasteiger partial charge on any atom is 0.228 e. The molecule has 0 bridgehead atoms. The number of aryl methyl sites for hydroxylation is 1. The van der Waals surface area contributed by atoms with Crippen molar-refractivity contribution < 1.29 is 9.18 Å². The number of hydrogen-bond acceptors (Lipinski definition) is 2. The molecule has 1 saturated heterocycles. The van der Waals surface area contributed by atoms with Gasteiger partial charge in [0.2, 0.25) is 5.91 Å². The minimum atomic E-state index is -0.280. The van der Waals surface area contributed by atoms with E-state index < -0.39 is 0 Å². The number of carbonyl (C=O) groups excluding carboxylic acids is 1. The Balaban J connectivity index is 0.00000144. The first-order valence-corrected chi connectivity index (χ1v) is 5.44. The van der Waals surface area contributed by atoms with Gasteiger partial charge in [0.25, 0.3) is 0 Å². The molecule has 1 unspecified atom stereocenters. The number of carbonyl (C=O) groups is 1. The molecule has 1 heterocycles. The molecule has 17 heavy (non-hydrogen) atoms. The van der Waals surface area contributed by atoms with Crippen molar-refractivity contribution >= 4 is 24.0 Å². The molecule has 5 heteroatoms. The SMILES string of the molecule is Cc1cc(F)ccc1NC(=O)C1CCNC1.Cl. The molecule has 1 aromatic rings. The lowest BCUT2D eigenvalue weighted by molar-refractivity contribution is -0.119. The van der Waals surface area contributed by atoms with E-state index in [1.165, 1.54) is 12.1 Å². The van der Waals surface area contributed by atoms with Gasteiger partial charge in [-0.15, -0.1) is 12.4 Å². The highest BCUT2D eigenvalue weighted by Gasteiger charge is 2.22. The average Bonchev–Trinajstić information content (AvgIpc) is 2.75. The minimum Gasteiger partial charge on any atom is -0.326 e. The van der Waals surface area contributed by atoms with Crippen LogP contribution in [0.3, 0.4) is 0 Å². The van der Waals surface area contributed by atoms with Gasteiger partial charge in [-0.1, -0.05) is 0 Å². The summed E-state index contributed by atoms with van der Waals surface area (Å²) in [6.07, 6.45) is 0.867. The summed E-state index contributed by atoms with van der Waals surface area (Å²) in [5.41, 5.74) is 1.44. The Morgan fingerprint density at radius 3 is 2.88 bits per heavy atom. The fourth-order valence-electron chi connectivity index (χ4n) is 1.88. The molecule has 94 valence electrons. The fraction of sp³-hybridized carbons (Fsp3) is 0.417. The number of nitrogens with one attached hydrogen (secondary N) is 2. The second-order valence-corrected chi connectivity index (χ2v) is 4.14. The van der Waals surface area contributed by atoms with Crippen LogP contribution in [0.5, 0.6) is 0 Å². The number of rotatable bonds is 2. The van der Waals surface area contributed by atoms with Gasteiger partial charge in [0.1, 0.15) is 5.82 Å². The third-order valence-electron chi connectivity index (χ3n) is 2.88. The average molecular weight is 259 g/mol. The van der Waals surface area contributed by atoms with Crippen LogP contribution in [-0.4, -0.2) is 19.0 Å². The van der Waals surface area contributed by atoms with Crippen molar-refractivity contribution in [2.75, 3.05) is 18.4 Å². The molecule has 0 aromatic heterocycles. The summed E-state index contributed by atoms with van der Waals surface area (Å²) in [4.78, 5) is 11.8. The lowest BCUT2D eigenvalue weighted by atomic mass is 10.1. The molecule has 1 aliphatic heterocycles. The molecule has 2 N–H and O–H groups in total. The highest BCUT2D eigenvalue weighted by Crippen LogP contribution is 2.18. The number of hydrogen-bond donors (Lipinski definition) is 2. The fourth-order valence-corrected chi connectivity index (χ4v) is 1.88. The molecule has 2 rings (SSSR count). The standard InChI is InChI=1S/C12H15FN2O.ClH/c1-8-6-10(13)2-3-11(8)15-12(16)9-4-5-14-7-9;/h2-3,6,9,14H,4-5,7H2,1H3,(H,15,16);1H. The van der Waals surface area contributed by atoms with Crippen molar-refractivity contribution in [2.24, 2.45) is 5.92 Å². The summed E-state index contributed by atoms with van der Waals surface area (Å²) in [5, 5.41) is 5.98. The summed E-state index contributed by atoms with van der Waals surface area (Å²) >= 11 is 0. The van der Waals surface area contributed by atoms with Crippen LogP contribution in [-0.2, 0) is 4.79 Å². The van der Waals surface area contributed by atoms with Gasteiger partial charge in [0, 0.05) is 12.2 Å². The third kappa shape index (κ3) is 3.41. The summed E-state index contributed by atoms with van der Waals surface area (Å²) < 4.78 is 12.9. The maximum absolute atomic E-state index is 12.9. The van der Waals surface area contributed by atoms with E-state index in [2.05, 4.69) is 10.6 Å². The quantitative estimate of drug-likeness (QED) is 0.853. The largest absolute Gasteiger partial charge is 0.326 e. The Kier molecular flexibility index (Phi) is 4.90. The Morgan fingerprint density at radius 2 is 2.29 bits per heavy atom. The van der Waals surface area contributed by atoms with Crippen LogP contribution in [0.4, 0.5) is 10.1 Å². The molecule has 0 saturated carbocycles. The highest BCUT2D eigenvalue weighted by molar-refractivity contribution is 5.93. The molecular formula is C12H16ClFN2O. The van der Waals surface area contributed by atoms with E-state index in [-0.39, 0.29) is 30.0 Å². The molecule has 1 aromatic carbocycles. The second kappa shape index (κ2) is 5.98. The van der Waals surface area contributed by atoms with Crippen molar-refractivity contribution in [3.8, 4) is 0 Å². The van der Waals surface area contributed by atoms with Gasteiger partial charge in [-0.25, -0.2) is 4.39 Å². The van der Waals surface area contributed by atoms with Crippen LogP contribution >= 0.6 is 12.4 Å². The second-order valence-electron chi connectivity index (χ2n) is 4.14. The van der Waals surface area contributed by atoms with Gasteiger partial charge < -0.3 is 10.6 Å². The van der Waals surface area contributed by atoms with Crippen LogP contribution in [0, 0.1) is 18.7 Å². The van der Waals surface area contributed by atoms with Gasteiger partial charge in [0.05, 0.1) is 5.92 Å². The number of anilines is 1. The molecular weight excluding hydrogens is 243 g/mol. The maximum atomic E-state index is 12.9. The van der Waals surface area contributed by atoms with E-state index in [4.69, 9.17) is 0 Å². The number of amides is 1. The van der Waals surface area contributed by atoms with Gasteiger partial charge in [-0.3, -0.25) is 4.79 Å². The van der Waals surface area contributed by atoms with Gasteiger partial charge >= 0.3 is 0 Å². The van der Waals surface area contributed by atoms with Crippen LogP contribution in [0.25, 0.3) is 0 Å². The van der Waals surface area contributed by atoms with E-state index in [0.717, 1.165) is 25.1 Å². The monoisotopic (exact) mass is 258 g/mol. The van der Waals surface area contributed by atoms with Crippen LogP contribution in [0.15, 0.2) is 18.2 Å². The summed E-state index contributed by atoms with van der Waals surface area (Å²) in [6.45, 7) is 3.40. The predicted molar refractivity (Wildman–Crippen MR) is 68.0 cm³/mol. The van der Waals surface area contributed by atoms with E-state index in [1.807, 2.05) is 0 Å². The molecule has 1 amide bonds. The van der Waals surface area contributed by atoms with Gasteiger partial charge in [0.15, 0.2) is 0 Å². The topological polar surface area (TPSA) is 41.1 Å². The lowest BCUT2D eigenvalue weighted by Gasteiger charge is -2.11. The van der Waals surface area contributed by atoms with Gasteiger partial charge in [-0.05, 0) is 43.7 Å². The predicted octanol–water partition coefficient (Wildman–Crippen LogP) is 2.10. The van der Waals surface area contributed by atoms with Gasteiger partial charge in [-0.2, -0.15) is 0 Å². The van der Waals surface area contributed by atoms with E-state index in [9.17, 15) is 9.18 Å². The van der Waals surface area contributed by atoms with Crippen LogP contribution in [0.2, 0.25) is 0 Å². The molecule has 3 nitrogen and oxygen atoms in total. The molecule has 0 aliphatic carbocycles. The van der Waals surface area contributed by atoms with E-state index in [1.54, 1.807) is 13.0 Å². The number of halogens is 2. The normalized spacial score (nSPS) is 18.6. The molecule has 0 radical (unpaired) electrons. The minimum absolute atomic E-state index is 0. The molecule has 1 atom stereocenters. The Hall–Kier alpha value is -1.13. The zero-order valence-electron chi connectivity index (χ0n) is 9.63. The lowest BCUT2D eigenvalue weighted by Crippen LogP contribution is -2.24. The van der Waals surface area contributed by atoms with Crippen molar-refractivity contribution in [1.82, 2.24) is 5.32 Å². The number of benzene rings is 1. The summed E-state index contributed by atoms with van der Waals surface area (Å²) in [7, 11) is 0. The first-order chi connectivity index (χ1) is 7.66. The van der Waals surface area contributed by atoms with Crippen LogP contribution < -0.4 is 10.6 Å². The van der Waals surface area contributed by atoms with Crippen molar-refractivity contribution in [1.29, 1.82) is 0 Å². The zero-order valence-corrected chi connectivity index (χ0v) is 10.4. The highest BCUT2D eigenvalue weighted by atomic mass is 35.5. The first-order valence-electron chi connectivity index (χ1n) is 5.44. The third-order valence-corrected chi connectivity index (χ3v) is 2.88. The van der Waals surface area contributed by atoms with E-state index >= 15 is 0 Å². The molecule has 0 spiro atoms. The Labute approximate surface area is 106 Å². The van der Waals surface area contributed by atoms with Crippen molar-refractivity contribution in [2.45, 2.75) is 13.3 Å². The van der Waals surface area contributed by atoms with Crippen molar-refractivity contribution in [3.05, 3.63) is 29.6 Å². The molecule has 1 fully saturated rings. The zero-order chi connectivity index (χ0) is 11.5. The van der Waals surface area contributed by atoms with E-state index in [0.29, 0.717) is 5.69 Å². The summed E-state index contributed by atoms with van der Waals surface area (Å²) in [6, 6.07) is 4.38. The Morgan fingerprint density at radius 1 is 1.53 bits per heavy atom. The van der Waals surface area contributed by atoms with Crippen molar-refractivity contribution in [3.63, 3.8) is 0 Å². The van der Waals surface area contributed by atoms with Crippen LogP contribution in [0.1, 0.15) is 12.0 Å². The Bertz CT molecular complexity index is 405.